The molecule has 0 unspecified atom stereocenters. The zero-order valence-electron chi connectivity index (χ0n) is 19.6. The van der Waals surface area contributed by atoms with Crippen LogP contribution >= 0.6 is 0 Å². The van der Waals surface area contributed by atoms with Gasteiger partial charge in [0.25, 0.3) is 0 Å². The third kappa shape index (κ3) is 7.18. The molecular weight excluding hydrogens is 460 g/mol. The predicted octanol–water partition coefficient (Wildman–Crippen LogP) is 4.38. The highest BCUT2D eigenvalue weighted by Crippen LogP contribution is 2.21. The Balaban J connectivity index is 1.45. The Bertz CT molecular complexity index is 1360. The highest BCUT2D eigenvalue weighted by molar-refractivity contribution is 7.88. The van der Waals surface area contributed by atoms with Crippen molar-refractivity contribution in [2.45, 2.75) is 32.4 Å². The van der Waals surface area contributed by atoms with Crippen LogP contribution in [0.5, 0.6) is 5.75 Å². The van der Waals surface area contributed by atoms with Crippen LogP contribution in [0.15, 0.2) is 85.2 Å². The van der Waals surface area contributed by atoms with E-state index in [1.165, 1.54) is 10.6 Å². The fourth-order valence-corrected chi connectivity index (χ4v) is 4.54. The van der Waals surface area contributed by atoms with E-state index >= 15 is 0 Å². The maximum Gasteiger partial charge on any atom is 0.211 e. The minimum atomic E-state index is -3.43. The van der Waals surface area contributed by atoms with E-state index in [1.54, 1.807) is 30.6 Å². The van der Waals surface area contributed by atoms with Crippen LogP contribution in [0.1, 0.15) is 29.1 Å². The Morgan fingerprint density at radius 1 is 0.829 bits per heavy atom. The van der Waals surface area contributed by atoms with E-state index in [0.717, 1.165) is 47.5 Å². The number of nitrogens with zero attached hydrogens (tertiary/aromatic N) is 4. The predicted molar refractivity (Wildman–Crippen MR) is 136 cm³/mol. The quantitative estimate of drug-likeness (QED) is 0.356. The molecule has 1 N–H and O–H groups in total. The molecule has 8 heteroatoms. The van der Waals surface area contributed by atoms with E-state index in [0.29, 0.717) is 5.69 Å². The van der Waals surface area contributed by atoms with E-state index in [9.17, 15) is 13.5 Å². The molecule has 2 aromatic heterocycles. The van der Waals surface area contributed by atoms with Crippen molar-refractivity contribution in [2.75, 3.05) is 6.26 Å². The van der Waals surface area contributed by atoms with Crippen molar-refractivity contribution in [1.82, 2.24) is 19.3 Å². The molecule has 0 aliphatic carbocycles. The molecule has 0 saturated carbocycles. The smallest absolute Gasteiger partial charge is 0.211 e. The van der Waals surface area contributed by atoms with E-state index in [-0.39, 0.29) is 18.8 Å². The molecule has 7 nitrogen and oxygen atoms in total. The van der Waals surface area contributed by atoms with Gasteiger partial charge in [-0.25, -0.2) is 18.4 Å². The zero-order chi connectivity index (χ0) is 24.7. The van der Waals surface area contributed by atoms with Gasteiger partial charge in [0, 0.05) is 30.9 Å². The van der Waals surface area contributed by atoms with Crippen molar-refractivity contribution in [3.05, 3.63) is 108 Å². The molecule has 2 heterocycles. The van der Waals surface area contributed by atoms with Gasteiger partial charge >= 0.3 is 0 Å². The third-order valence-corrected chi connectivity index (χ3v) is 6.82. The van der Waals surface area contributed by atoms with Crippen LogP contribution in [-0.2, 0) is 36.0 Å². The van der Waals surface area contributed by atoms with Gasteiger partial charge in [0.05, 0.1) is 24.2 Å². The second-order valence-electron chi connectivity index (χ2n) is 8.43. The zero-order valence-corrected chi connectivity index (χ0v) is 20.4. The Kier molecular flexibility index (Phi) is 7.84. The number of pyridine rings is 1. The van der Waals surface area contributed by atoms with Gasteiger partial charge in [0.2, 0.25) is 10.0 Å². The van der Waals surface area contributed by atoms with Crippen molar-refractivity contribution < 1.29 is 13.5 Å². The summed E-state index contributed by atoms with van der Waals surface area (Å²) < 4.78 is 26.3. The van der Waals surface area contributed by atoms with Gasteiger partial charge < -0.3 is 5.11 Å². The molecule has 0 amide bonds. The largest absolute Gasteiger partial charge is 0.508 e. The molecule has 0 spiro atoms. The number of hydrogen-bond acceptors (Lipinski definition) is 6. The lowest BCUT2D eigenvalue weighted by atomic mass is 10.1. The average Bonchev–Trinajstić information content (AvgIpc) is 2.85. The van der Waals surface area contributed by atoms with Gasteiger partial charge in [-0.05, 0) is 60.4 Å². The maximum atomic E-state index is 12.4. The topological polar surface area (TPSA) is 96.3 Å². The van der Waals surface area contributed by atoms with E-state index in [1.807, 2.05) is 54.6 Å². The SMILES string of the molecule is CS(=O)(=O)N(Cc1cccc(-c2ccnc(CCCc3ccc(O)cc3)n2)c1)Cc1ccccn1. The fraction of sp³-hybridized carbons (Fsp3) is 0.222. The van der Waals surface area contributed by atoms with Gasteiger partial charge in [-0.3, -0.25) is 4.98 Å². The first-order chi connectivity index (χ1) is 16.9. The summed E-state index contributed by atoms with van der Waals surface area (Å²) in [5.41, 5.74) is 4.44. The molecule has 0 radical (unpaired) electrons. The summed E-state index contributed by atoms with van der Waals surface area (Å²) in [5, 5.41) is 9.42. The van der Waals surface area contributed by atoms with Gasteiger partial charge in [0.15, 0.2) is 0 Å². The van der Waals surface area contributed by atoms with Crippen LogP contribution in [0, 0.1) is 0 Å². The summed E-state index contributed by atoms with van der Waals surface area (Å²) in [6.07, 6.45) is 7.14. The third-order valence-electron chi connectivity index (χ3n) is 5.62. The van der Waals surface area contributed by atoms with Crippen LogP contribution in [0.4, 0.5) is 0 Å². The van der Waals surface area contributed by atoms with Gasteiger partial charge in [-0.2, -0.15) is 4.31 Å². The van der Waals surface area contributed by atoms with Gasteiger partial charge in [0.1, 0.15) is 11.6 Å². The van der Waals surface area contributed by atoms with Gasteiger partial charge in [-0.1, -0.05) is 36.4 Å². The molecule has 0 saturated heterocycles. The van der Waals surface area contributed by atoms with Crippen LogP contribution in [0.3, 0.4) is 0 Å². The second kappa shape index (κ2) is 11.2. The first-order valence-electron chi connectivity index (χ1n) is 11.4. The minimum absolute atomic E-state index is 0.211. The minimum Gasteiger partial charge on any atom is -0.508 e. The summed E-state index contributed by atoms with van der Waals surface area (Å²) in [6.45, 7) is 0.455. The van der Waals surface area contributed by atoms with Crippen molar-refractivity contribution in [3.63, 3.8) is 0 Å². The highest BCUT2D eigenvalue weighted by atomic mass is 32.2. The molecule has 0 bridgehead atoms. The van der Waals surface area contributed by atoms with Crippen LogP contribution in [0.25, 0.3) is 11.3 Å². The van der Waals surface area contributed by atoms with Crippen molar-refractivity contribution in [3.8, 4) is 17.0 Å². The number of phenolic OH excluding ortho intramolecular Hbond substituents is 1. The molecule has 0 aliphatic heterocycles. The molecular formula is C27H28N4O3S. The first-order valence-corrected chi connectivity index (χ1v) is 13.3. The lowest BCUT2D eigenvalue weighted by Gasteiger charge is -2.20. The maximum absolute atomic E-state index is 12.4. The summed E-state index contributed by atoms with van der Waals surface area (Å²) in [7, 11) is -3.43. The number of aromatic hydroxyl groups is 1. The Hall–Kier alpha value is -3.62. The number of aryl methyl sites for hydroxylation is 2. The van der Waals surface area contributed by atoms with Crippen LogP contribution in [0.2, 0.25) is 0 Å². The van der Waals surface area contributed by atoms with Crippen molar-refractivity contribution in [2.24, 2.45) is 0 Å². The van der Waals surface area contributed by atoms with Crippen LogP contribution in [-0.4, -0.2) is 39.0 Å². The molecule has 0 fully saturated rings. The summed E-state index contributed by atoms with van der Waals surface area (Å²) in [5.74, 6) is 1.03. The highest BCUT2D eigenvalue weighted by Gasteiger charge is 2.18. The number of benzene rings is 2. The van der Waals surface area contributed by atoms with Gasteiger partial charge in [-0.15, -0.1) is 0 Å². The van der Waals surface area contributed by atoms with E-state index in [2.05, 4.69) is 9.97 Å². The molecule has 0 atom stereocenters. The molecule has 4 rings (SSSR count). The average molecular weight is 489 g/mol. The normalized spacial score (nSPS) is 11.6. The Labute approximate surface area is 206 Å². The summed E-state index contributed by atoms with van der Waals surface area (Å²) in [4.78, 5) is 13.4. The Morgan fingerprint density at radius 2 is 1.66 bits per heavy atom. The first kappa shape index (κ1) is 24.5. The second-order valence-corrected chi connectivity index (χ2v) is 10.4. The Morgan fingerprint density at radius 3 is 2.40 bits per heavy atom. The van der Waals surface area contributed by atoms with E-state index in [4.69, 9.17) is 4.98 Å². The van der Waals surface area contributed by atoms with Crippen molar-refractivity contribution >= 4 is 10.0 Å². The molecule has 35 heavy (non-hydrogen) atoms. The lowest BCUT2D eigenvalue weighted by Crippen LogP contribution is -2.29. The van der Waals surface area contributed by atoms with Crippen molar-refractivity contribution in [1.29, 1.82) is 0 Å². The number of hydrogen-bond donors (Lipinski definition) is 1. The molecule has 0 aliphatic rings. The fourth-order valence-electron chi connectivity index (χ4n) is 3.79. The lowest BCUT2D eigenvalue weighted by molar-refractivity contribution is 0.401. The molecule has 2 aromatic carbocycles. The number of rotatable bonds is 10. The molecule has 180 valence electrons. The molecule has 4 aromatic rings. The van der Waals surface area contributed by atoms with Crippen LogP contribution < -0.4 is 0 Å². The summed E-state index contributed by atoms with van der Waals surface area (Å²) >= 11 is 0. The van der Waals surface area contributed by atoms with E-state index < -0.39 is 10.0 Å². The summed E-state index contributed by atoms with van der Waals surface area (Å²) in [6, 6.07) is 22.3. The standard InChI is InChI=1S/C27H28N4O3S/c1-35(33,34)31(20-24-9-2-3-16-28-24)19-22-7-4-8-23(18-22)26-15-17-29-27(30-26)10-5-6-21-11-13-25(32)14-12-21/h2-4,7-9,11-18,32H,5-6,10,19-20H2,1H3. The number of phenols is 1. The number of sulfonamides is 1. The monoisotopic (exact) mass is 488 g/mol. The number of aromatic nitrogens is 3.